The molecule has 0 bridgehead atoms. The van der Waals surface area contributed by atoms with Crippen LogP contribution in [0.5, 0.6) is 5.75 Å². The summed E-state index contributed by atoms with van der Waals surface area (Å²) in [6.07, 6.45) is 0. The molecule has 1 N–H and O–H groups in total. The van der Waals surface area contributed by atoms with Gasteiger partial charge in [0.1, 0.15) is 11.6 Å². The molecule has 0 unspecified atom stereocenters. The molecule has 0 radical (unpaired) electrons. The van der Waals surface area contributed by atoms with Crippen LogP contribution in [0, 0.1) is 5.41 Å². The molecule has 1 aliphatic rings. The first-order valence-corrected chi connectivity index (χ1v) is 6.33. The van der Waals surface area contributed by atoms with Crippen molar-refractivity contribution in [2.75, 3.05) is 7.11 Å². The average Bonchev–Trinajstić information content (AvgIpc) is 2.77. The lowest BCUT2D eigenvalue weighted by molar-refractivity contribution is 0.382. The van der Waals surface area contributed by atoms with Gasteiger partial charge in [0.15, 0.2) is 0 Å². The third-order valence-corrected chi connectivity index (χ3v) is 3.50. The number of methoxy groups -OCH3 is 1. The summed E-state index contributed by atoms with van der Waals surface area (Å²) in [5.41, 5.74) is 3.38. The summed E-state index contributed by atoms with van der Waals surface area (Å²) in [5, 5.41) is 8.25. The van der Waals surface area contributed by atoms with Crippen LogP contribution in [0.4, 0.5) is 0 Å². The van der Waals surface area contributed by atoms with E-state index in [0.717, 1.165) is 23.4 Å². The molecule has 0 spiro atoms. The lowest BCUT2D eigenvalue weighted by atomic mass is 10.1. The Kier molecular flexibility index (Phi) is 2.95. The molecule has 0 atom stereocenters. The second-order valence-corrected chi connectivity index (χ2v) is 4.67. The van der Waals surface area contributed by atoms with Gasteiger partial charge in [-0.15, -0.1) is 0 Å². The van der Waals surface area contributed by atoms with E-state index in [1.807, 2.05) is 36.4 Å². The quantitative estimate of drug-likeness (QED) is 0.911. The number of rotatable bonds is 3. The molecule has 2 aromatic rings. The molecule has 3 rings (SSSR count). The lowest BCUT2D eigenvalue weighted by Gasteiger charge is -2.19. The Bertz CT molecular complexity index is 622. The highest BCUT2D eigenvalue weighted by Crippen LogP contribution is 2.26. The van der Waals surface area contributed by atoms with Crippen LogP contribution < -0.4 is 4.74 Å². The molecule has 2 aromatic carbocycles. The monoisotopic (exact) mass is 252 g/mol. The number of hydrogen-bond donors (Lipinski definition) is 1. The van der Waals surface area contributed by atoms with Crippen LogP contribution in [0.2, 0.25) is 0 Å². The van der Waals surface area contributed by atoms with Crippen molar-refractivity contribution in [1.82, 2.24) is 4.90 Å². The topological polar surface area (TPSA) is 36.3 Å². The minimum atomic E-state index is 0.599. The van der Waals surface area contributed by atoms with Gasteiger partial charge in [-0.1, -0.05) is 42.5 Å². The summed E-state index contributed by atoms with van der Waals surface area (Å²) in [5.74, 6) is 1.48. The van der Waals surface area contributed by atoms with Gasteiger partial charge >= 0.3 is 0 Å². The highest BCUT2D eigenvalue weighted by atomic mass is 16.5. The predicted molar refractivity (Wildman–Crippen MR) is 75.5 cm³/mol. The van der Waals surface area contributed by atoms with E-state index in [2.05, 4.69) is 17.0 Å². The number of amidine groups is 1. The zero-order chi connectivity index (χ0) is 13.2. The molecule has 96 valence electrons. The fourth-order valence-electron chi connectivity index (χ4n) is 2.52. The number of fused-ring (bicyclic) bond motifs is 1. The first-order chi connectivity index (χ1) is 9.29. The first-order valence-electron chi connectivity index (χ1n) is 6.33. The van der Waals surface area contributed by atoms with E-state index in [1.165, 1.54) is 5.56 Å². The van der Waals surface area contributed by atoms with Gasteiger partial charge in [-0.05, 0) is 11.6 Å². The van der Waals surface area contributed by atoms with Gasteiger partial charge in [0, 0.05) is 24.2 Å². The van der Waals surface area contributed by atoms with E-state index in [-0.39, 0.29) is 0 Å². The summed E-state index contributed by atoms with van der Waals surface area (Å²) in [4.78, 5) is 2.07. The van der Waals surface area contributed by atoms with Crippen molar-refractivity contribution >= 4 is 5.84 Å². The Morgan fingerprint density at radius 1 is 1.11 bits per heavy atom. The Morgan fingerprint density at radius 3 is 2.63 bits per heavy atom. The van der Waals surface area contributed by atoms with Crippen LogP contribution in [0.25, 0.3) is 0 Å². The molecule has 0 amide bonds. The van der Waals surface area contributed by atoms with Crippen LogP contribution >= 0.6 is 0 Å². The second-order valence-electron chi connectivity index (χ2n) is 4.67. The van der Waals surface area contributed by atoms with Crippen LogP contribution in [-0.2, 0) is 13.1 Å². The van der Waals surface area contributed by atoms with Crippen molar-refractivity contribution in [3.05, 3.63) is 65.2 Å². The maximum atomic E-state index is 8.25. The fraction of sp³-hybridized carbons (Fsp3) is 0.188. The van der Waals surface area contributed by atoms with Crippen molar-refractivity contribution < 1.29 is 4.74 Å². The van der Waals surface area contributed by atoms with Crippen LogP contribution in [0.3, 0.4) is 0 Å². The highest BCUT2D eigenvalue weighted by Gasteiger charge is 2.24. The van der Waals surface area contributed by atoms with E-state index in [0.29, 0.717) is 12.4 Å². The molecule has 0 aromatic heterocycles. The molecule has 1 heterocycles. The summed E-state index contributed by atoms with van der Waals surface area (Å²) >= 11 is 0. The minimum Gasteiger partial charge on any atom is -0.496 e. The molecule has 0 saturated heterocycles. The van der Waals surface area contributed by atoms with Crippen LogP contribution in [0.15, 0.2) is 48.5 Å². The van der Waals surface area contributed by atoms with Crippen LogP contribution in [0.1, 0.15) is 16.7 Å². The fourth-order valence-corrected chi connectivity index (χ4v) is 2.52. The molecule has 3 heteroatoms. The van der Waals surface area contributed by atoms with Crippen molar-refractivity contribution in [1.29, 1.82) is 5.41 Å². The molecular weight excluding hydrogens is 236 g/mol. The first kappa shape index (κ1) is 11.8. The summed E-state index contributed by atoms with van der Waals surface area (Å²) in [6.45, 7) is 1.50. The number of nitrogens with one attached hydrogen (secondary N) is 1. The van der Waals surface area contributed by atoms with Gasteiger partial charge in [0.25, 0.3) is 0 Å². The largest absolute Gasteiger partial charge is 0.496 e. The van der Waals surface area contributed by atoms with Crippen molar-refractivity contribution in [3.63, 3.8) is 0 Å². The third-order valence-electron chi connectivity index (χ3n) is 3.50. The van der Waals surface area contributed by atoms with Crippen molar-refractivity contribution in [2.45, 2.75) is 13.1 Å². The number of para-hydroxylation sites is 1. The summed E-state index contributed by atoms with van der Waals surface area (Å²) < 4.78 is 5.37. The number of nitrogens with zero attached hydrogens (tertiary/aromatic N) is 1. The molecular formula is C16H16N2O. The predicted octanol–water partition coefficient (Wildman–Crippen LogP) is 3.04. The van der Waals surface area contributed by atoms with Crippen LogP contribution in [-0.4, -0.2) is 17.8 Å². The average molecular weight is 252 g/mol. The molecule has 0 saturated carbocycles. The minimum absolute atomic E-state index is 0.599. The SMILES string of the molecule is COc1ccccc1CN1Cc2ccccc2C1=N. The molecule has 0 aliphatic carbocycles. The van der Waals surface area contributed by atoms with Gasteiger partial charge in [0.2, 0.25) is 0 Å². The maximum Gasteiger partial charge on any atom is 0.129 e. The highest BCUT2D eigenvalue weighted by molar-refractivity contribution is 6.00. The van der Waals surface area contributed by atoms with E-state index < -0.39 is 0 Å². The van der Waals surface area contributed by atoms with Crippen molar-refractivity contribution in [2.24, 2.45) is 0 Å². The van der Waals surface area contributed by atoms with Gasteiger partial charge in [-0.25, -0.2) is 0 Å². The van der Waals surface area contributed by atoms with E-state index in [9.17, 15) is 0 Å². The Balaban J connectivity index is 1.85. The standard InChI is InChI=1S/C16H16N2O/c1-19-15-9-5-3-7-13(15)11-18-10-12-6-2-4-8-14(12)16(18)17/h2-9,17H,10-11H2,1H3. The molecule has 1 aliphatic heterocycles. The van der Waals surface area contributed by atoms with Gasteiger partial charge < -0.3 is 9.64 Å². The normalized spacial score (nSPS) is 13.5. The third kappa shape index (κ3) is 2.08. The molecule has 19 heavy (non-hydrogen) atoms. The Hall–Kier alpha value is -2.29. The molecule has 0 fully saturated rings. The zero-order valence-corrected chi connectivity index (χ0v) is 10.9. The maximum absolute atomic E-state index is 8.25. The van der Waals surface area contributed by atoms with E-state index >= 15 is 0 Å². The smallest absolute Gasteiger partial charge is 0.129 e. The number of hydrogen-bond acceptors (Lipinski definition) is 2. The van der Waals surface area contributed by atoms with Gasteiger partial charge in [-0.2, -0.15) is 0 Å². The zero-order valence-electron chi connectivity index (χ0n) is 10.9. The number of benzene rings is 2. The van der Waals surface area contributed by atoms with Gasteiger partial charge in [0.05, 0.1) is 7.11 Å². The van der Waals surface area contributed by atoms with Gasteiger partial charge in [-0.3, -0.25) is 5.41 Å². The molecule has 3 nitrogen and oxygen atoms in total. The lowest BCUT2D eigenvalue weighted by Crippen LogP contribution is -2.23. The summed E-state index contributed by atoms with van der Waals surface area (Å²) in [6, 6.07) is 16.1. The van der Waals surface area contributed by atoms with E-state index in [4.69, 9.17) is 10.1 Å². The van der Waals surface area contributed by atoms with E-state index in [1.54, 1.807) is 7.11 Å². The summed E-state index contributed by atoms with van der Waals surface area (Å²) in [7, 11) is 1.68. The number of ether oxygens (including phenoxy) is 1. The Morgan fingerprint density at radius 2 is 1.84 bits per heavy atom. The second kappa shape index (κ2) is 4.76. The van der Waals surface area contributed by atoms with Crippen molar-refractivity contribution in [3.8, 4) is 5.75 Å². The Labute approximate surface area is 113 Å².